The van der Waals surface area contributed by atoms with Crippen LogP contribution in [-0.4, -0.2) is 26.4 Å². The summed E-state index contributed by atoms with van der Waals surface area (Å²) in [4.78, 5) is 12.1. The largest absolute Gasteiger partial charge is 0.352 e. The van der Waals surface area contributed by atoms with Crippen molar-refractivity contribution in [1.82, 2.24) is 10.0 Å². The molecule has 0 aliphatic rings. The average Bonchev–Trinajstić information content (AvgIpc) is 2.41. The molecule has 0 unspecified atom stereocenters. The second kappa shape index (κ2) is 7.74. The molecule has 0 spiro atoms. The first-order chi connectivity index (χ1) is 10.2. The Hall–Kier alpha value is -1.40. The number of carbonyl (C=O) groups excluding carboxylic acids is 1. The van der Waals surface area contributed by atoms with Crippen LogP contribution in [0.15, 0.2) is 29.2 Å². The number of unbranched alkanes of at least 4 members (excludes halogenated alkanes) is 2. The first-order valence-corrected chi connectivity index (χ1v) is 9.06. The van der Waals surface area contributed by atoms with Gasteiger partial charge in [0.2, 0.25) is 10.0 Å². The zero-order valence-electron chi connectivity index (χ0n) is 13.8. The van der Waals surface area contributed by atoms with E-state index in [2.05, 4.69) is 17.0 Å². The molecule has 0 atom stereocenters. The van der Waals surface area contributed by atoms with Gasteiger partial charge in [-0.15, -0.1) is 0 Å². The van der Waals surface area contributed by atoms with Crippen molar-refractivity contribution in [3.63, 3.8) is 0 Å². The number of rotatable bonds is 7. The van der Waals surface area contributed by atoms with E-state index in [0.717, 1.165) is 19.3 Å². The fourth-order valence-electron chi connectivity index (χ4n) is 1.93. The van der Waals surface area contributed by atoms with Crippen LogP contribution in [-0.2, 0) is 10.0 Å². The topological polar surface area (TPSA) is 75.3 Å². The van der Waals surface area contributed by atoms with Crippen LogP contribution in [0.5, 0.6) is 0 Å². The van der Waals surface area contributed by atoms with E-state index >= 15 is 0 Å². The Morgan fingerprint density at radius 3 is 2.18 bits per heavy atom. The Kier molecular flexibility index (Phi) is 6.56. The minimum Gasteiger partial charge on any atom is -0.352 e. The van der Waals surface area contributed by atoms with Crippen molar-refractivity contribution >= 4 is 15.9 Å². The summed E-state index contributed by atoms with van der Waals surface area (Å²) in [6.45, 7) is 8.08. The second-order valence-corrected chi connectivity index (χ2v) is 8.03. The highest BCUT2D eigenvalue weighted by Crippen LogP contribution is 2.14. The number of hydrogen-bond acceptors (Lipinski definition) is 3. The molecule has 1 amide bonds. The number of nitrogens with one attached hydrogen (secondary N) is 2. The molecule has 0 aliphatic carbocycles. The highest BCUT2D eigenvalue weighted by molar-refractivity contribution is 7.89. The second-order valence-electron chi connectivity index (χ2n) is 6.34. The molecule has 0 heterocycles. The molecule has 0 saturated carbocycles. The Morgan fingerprint density at radius 2 is 1.68 bits per heavy atom. The molecule has 2 N–H and O–H groups in total. The van der Waals surface area contributed by atoms with Crippen molar-refractivity contribution in [2.24, 2.45) is 0 Å². The molecule has 6 heteroatoms. The van der Waals surface area contributed by atoms with Gasteiger partial charge >= 0.3 is 0 Å². The molecule has 22 heavy (non-hydrogen) atoms. The van der Waals surface area contributed by atoms with Gasteiger partial charge in [0.1, 0.15) is 0 Å². The first-order valence-electron chi connectivity index (χ1n) is 7.58. The molecule has 0 saturated heterocycles. The molecule has 0 aliphatic heterocycles. The van der Waals surface area contributed by atoms with Gasteiger partial charge in [0.15, 0.2) is 0 Å². The number of sulfonamides is 1. The van der Waals surface area contributed by atoms with E-state index in [1.165, 1.54) is 24.3 Å². The van der Waals surface area contributed by atoms with Gasteiger partial charge in [-0.05, 0) is 51.5 Å². The smallest absolute Gasteiger partial charge is 0.251 e. The monoisotopic (exact) mass is 326 g/mol. The summed E-state index contributed by atoms with van der Waals surface area (Å²) in [5.41, 5.74) is -0.0834. The lowest BCUT2D eigenvalue weighted by atomic mass is 10.1. The van der Waals surface area contributed by atoms with Crippen LogP contribution in [0.2, 0.25) is 0 Å². The Balaban J connectivity index is 2.72. The van der Waals surface area contributed by atoms with Gasteiger partial charge in [-0.25, -0.2) is 13.1 Å². The Labute approximate surface area is 133 Å². The average molecular weight is 326 g/mol. The van der Waals surface area contributed by atoms with Gasteiger partial charge in [0.05, 0.1) is 4.90 Å². The lowest BCUT2D eigenvalue weighted by molar-refractivity contribution is 0.0953. The summed E-state index contributed by atoms with van der Waals surface area (Å²) in [6, 6.07) is 5.98. The molecule has 0 fully saturated rings. The number of amides is 1. The summed E-state index contributed by atoms with van der Waals surface area (Å²) >= 11 is 0. The maximum absolute atomic E-state index is 12.2. The molecule has 0 aromatic heterocycles. The van der Waals surface area contributed by atoms with Gasteiger partial charge in [0, 0.05) is 17.6 Å². The van der Waals surface area contributed by atoms with E-state index < -0.39 is 15.6 Å². The van der Waals surface area contributed by atoms with Crippen molar-refractivity contribution in [2.75, 3.05) is 6.54 Å². The van der Waals surface area contributed by atoms with E-state index in [9.17, 15) is 13.2 Å². The maximum atomic E-state index is 12.2. The van der Waals surface area contributed by atoms with E-state index in [-0.39, 0.29) is 10.8 Å². The van der Waals surface area contributed by atoms with E-state index in [1.807, 2.05) is 0 Å². The number of benzene rings is 1. The molecule has 1 aromatic carbocycles. The molecular weight excluding hydrogens is 300 g/mol. The third kappa shape index (κ3) is 6.15. The van der Waals surface area contributed by atoms with Crippen LogP contribution in [0.25, 0.3) is 0 Å². The summed E-state index contributed by atoms with van der Waals surface area (Å²) in [6.07, 6.45) is 3.13. The van der Waals surface area contributed by atoms with Crippen molar-refractivity contribution in [1.29, 1.82) is 0 Å². The molecule has 1 aromatic rings. The normalized spacial score (nSPS) is 12.2. The summed E-state index contributed by atoms with van der Waals surface area (Å²) in [7, 11) is -3.57. The quantitative estimate of drug-likeness (QED) is 0.757. The molecular formula is C16H26N2O3S. The summed E-state index contributed by atoms with van der Waals surface area (Å²) in [5, 5.41) is 2.83. The van der Waals surface area contributed by atoms with Gasteiger partial charge in [0.25, 0.3) is 5.91 Å². The van der Waals surface area contributed by atoms with Crippen molar-refractivity contribution < 1.29 is 13.2 Å². The van der Waals surface area contributed by atoms with Crippen LogP contribution in [0, 0.1) is 0 Å². The predicted molar refractivity (Wildman–Crippen MR) is 88.4 cm³/mol. The maximum Gasteiger partial charge on any atom is 0.251 e. The highest BCUT2D eigenvalue weighted by atomic mass is 32.2. The molecule has 124 valence electrons. The van der Waals surface area contributed by atoms with Crippen molar-refractivity contribution in [3.8, 4) is 0 Å². The number of carbonyl (C=O) groups is 1. The zero-order valence-corrected chi connectivity index (χ0v) is 14.6. The van der Waals surface area contributed by atoms with Crippen LogP contribution in [0.4, 0.5) is 0 Å². The Bertz CT molecular complexity index is 587. The van der Waals surface area contributed by atoms with Gasteiger partial charge in [-0.2, -0.15) is 0 Å². The van der Waals surface area contributed by atoms with Gasteiger partial charge in [-0.1, -0.05) is 19.8 Å². The van der Waals surface area contributed by atoms with Crippen LogP contribution in [0.1, 0.15) is 57.3 Å². The lowest BCUT2D eigenvalue weighted by Crippen LogP contribution is -2.40. The first kappa shape index (κ1) is 18.6. The van der Waals surface area contributed by atoms with Gasteiger partial charge < -0.3 is 5.32 Å². The lowest BCUT2D eigenvalue weighted by Gasteiger charge is -2.20. The minimum absolute atomic E-state index is 0.157. The van der Waals surface area contributed by atoms with Crippen LogP contribution >= 0.6 is 0 Å². The molecule has 1 rings (SSSR count). The fourth-order valence-corrected chi connectivity index (χ4v) is 3.34. The van der Waals surface area contributed by atoms with E-state index in [1.54, 1.807) is 20.8 Å². The number of hydrogen-bond donors (Lipinski definition) is 2. The molecule has 0 bridgehead atoms. The Morgan fingerprint density at radius 1 is 1.09 bits per heavy atom. The van der Waals surface area contributed by atoms with Gasteiger partial charge in [-0.3, -0.25) is 4.79 Å². The third-order valence-corrected chi connectivity index (χ3v) is 4.71. The fraction of sp³-hybridized carbons (Fsp3) is 0.562. The van der Waals surface area contributed by atoms with E-state index in [0.29, 0.717) is 12.1 Å². The van der Waals surface area contributed by atoms with Crippen molar-refractivity contribution in [3.05, 3.63) is 29.8 Å². The van der Waals surface area contributed by atoms with E-state index in [4.69, 9.17) is 0 Å². The summed E-state index contributed by atoms with van der Waals surface area (Å²) < 4.78 is 26.9. The van der Waals surface area contributed by atoms with Crippen LogP contribution in [0.3, 0.4) is 0 Å². The highest BCUT2D eigenvalue weighted by Gasteiger charge is 2.22. The molecule has 0 radical (unpaired) electrons. The zero-order chi connectivity index (χ0) is 16.8. The predicted octanol–water partition coefficient (Wildman–Crippen LogP) is 2.68. The third-order valence-electron chi connectivity index (χ3n) is 2.93. The van der Waals surface area contributed by atoms with Crippen LogP contribution < -0.4 is 10.0 Å². The molecule has 5 nitrogen and oxygen atoms in total. The summed E-state index contributed by atoms with van der Waals surface area (Å²) in [5.74, 6) is -0.177. The standard InChI is InChI=1S/C16H26N2O3S/c1-5-6-7-12-17-15(19)13-8-10-14(11-9-13)22(20,21)18-16(2,3)4/h8-11,18H,5-7,12H2,1-4H3,(H,17,19). The van der Waals surface area contributed by atoms with Crippen molar-refractivity contribution in [2.45, 2.75) is 57.4 Å². The SMILES string of the molecule is CCCCCNC(=O)c1ccc(S(=O)(=O)NC(C)(C)C)cc1. The minimum atomic E-state index is -3.57.